The van der Waals surface area contributed by atoms with Gasteiger partial charge in [-0.3, -0.25) is 23.4 Å². The zero-order valence-corrected chi connectivity index (χ0v) is 30.5. The van der Waals surface area contributed by atoms with Gasteiger partial charge in [-0.25, -0.2) is 14.8 Å². The van der Waals surface area contributed by atoms with E-state index in [1.54, 1.807) is 53.7 Å². The molecule has 2 atom stereocenters. The van der Waals surface area contributed by atoms with E-state index >= 15 is 0 Å². The van der Waals surface area contributed by atoms with Crippen LogP contribution in [0.2, 0.25) is 0 Å². The van der Waals surface area contributed by atoms with Gasteiger partial charge in [0, 0.05) is 52.5 Å². The van der Waals surface area contributed by atoms with E-state index in [2.05, 4.69) is 36.3 Å². The predicted octanol–water partition coefficient (Wildman–Crippen LogP) is 6.69. The van der Waals surface area contributed by atoms with E-state index in [0.717, 1.165) is 28.1 Å². The predicted molar refractivity (Wildman–Crippen MR) is 195 cm³/mol. The Labute approximate surface area is 310 Å². The molecule has 2 amide bonds. The zero-order chi connectivity index (χ0) is 37.6. The second-order valence-corrected chi connectivity index (χ2v) is 14.0. The third-order valence-corrected chi connectivity index (χ3v) is 10.5. The number of carbonyl (C=O) groups is 2. The lowest BCUT2D eigenvalue weighted by molar-refractivity contribution is -0.173. The van der Waals surface area contributed by atoms with Gasteiger partial charge >= 0.3 is 11.9 Å². The minimum absolute atomic E-state index is 0.0238. The highest BCUT2D eigenvalue weighted by atomic mass is 79.9. The van der Waals surface area contributed by atoms with Crippen LogP contribution in [0, 0.1) is 12.8 Å². The van der Waals surface area contributed by atoms with Crippen molar-refractivity contribution in [2.45, 2.75) is 59.2 Å². The Bertz CT molecular complexity index is 2420. The van der Waals surface area contributed by atoms with Crippen molar-refractivity contribution in [3.8, 4) is 17.1 Å². The molecule has 1 aliphatic heterocycles. The largest absolute Gasteiger partial charge is 0.393 e. The fourth-order valence-corrected chi connectivity index (χ4v) is 6.86. The maximum atomic E-state index is 14.4. The SMILES string of the molecule is Cc1cc(C(=O)N2Cc3c(C(=O)NCc4ccccc4-c4ncccn4)n(-c4ccc5c(cnn5C[C@H](C)C(F)(F)F)c4)c(=O)n3CC2C)ccc1Br. The summed E-state index contributed by atoms with van der Waals surface area (Å²) in [4.78, 5) is 53.0. The van der Waals surface area contributed by atoms with Gasteiger partial charge in [-0.1, -0.05) is 47.1 Å². The van der Waals surface area contributed by atoms with Crippen LogP contribution < -0.4 is 11.0 Å². The molecule has 15 heteroatoms. The Morgan fingerprint density at radius 2 is 1.79 bits per heavy atom. The van der Waals surface area contributed by atoms with Gasteiger partial charge < -0.3 is 10.2 Å². The summed E-state index contributed by atoms with van der Waals surface area (Å²) in [6, 6.07) is 18.8. The maximum Gasteiger partial charge on any atom is 0.393 e. The summed E-state index contributed by atoms with van der Waals surface area (Å²) in [5.74, 6) is -1.95. The van der Waals surface area contributed by atoms with E-state index in [0.29, 0.717) is 33.7 Å². The van der Waals surface area contributed by atoms with Gasteiger partial charge in [0.05, 0.1) is 42.1 Å². The van der Waals surface area contributed by atoms with Gasteiger partial charge in [-0.15, -0.1) is 0 Å². The quantitative estimate of drug-likeness (QED) is 0.184. The maximum absolute atomic E-state index is 14.4. The van der Waals surface area contributed by atoms with Crippen LogP contribution in [0.1, 0.15) is 51.5 Å². The molecule has 3 aromatic heterocycles. The molecule has 0 aliphatic carbocycles. The molecule has 1 aliphatic rings. The van der Waals surface area contributed by atoms with Crippen molar-refractivity contribution in [1.29, 1.82) is 0 Å². The Hall–Kier alpha value is -5.57. The summed E-state index contributed by atoms with van der Waals surface area (Å²) in [6.07, 6.45) is 0.306. The molecular formula is C38H34BrF3N8O3. The second-order valence-electron chi connectivity index (χ2n) is 13.2. The van der Waals surface area contributed by atoms with E-state index in [1.165, 1.54) is 20.0 Å². The molecule has 0 radical (unpaired) electrons. The van der Waals surface area contributed by atoms with Crippen molar-refractivity contribution in [2.24, 2.45) is 5.92 Å². The van der Waals surface area contributed by atoms with Gasteiger partial charge in [0.2, 0.25) is 0 Å². The average Bonchev–Trinajstić information content (AvgIpc) is 3.67. The van der Waals surface area contributed by atoms with Gasteiger partial charge in [0.25, 0.3) is 11.8 Å². The molecule has 11 nitrogen and oxygen atoms in total. The fourth-order valence-electron chi connectivity index (χ4n) is 6.62. The van der Waals surface area contributed by atoms with Crippen molar-refractivity contribution in [3.63, 3.8) is 0 Å². The number of benzene rings is 3. The van der Waals surface area contributed by atoms with E-state index in [9.17, 15) is 27.6 Å². The zero-order valence-electron chi connectivity index (χ0n) is 28.9. The van der Waals surface area contributed by atoms with Crippen LogP contribution in [0.25, 0.3) is 28.0 Å². The number of nitrogens with zero attached hydrogens (tertiary/aromatic N) is 7. The Morgan fingerprint density at radius 3 is 2.53 bits per heavy atom. The molecule has 6 aromatic rings. The number of aromatic nitrogens is 6. The number of aryl methyl sites for hydroxylation is 1. The first-order valence-electron chi connectivity index (χ1n) is 16.9. The third kappa shape index (κ3) is 6.88. The molecule has 4 heterocycles. The molecule has 272 valence electrons. The van der Waals surface area contributed by atoms with Gasteiger partial charge in [0.15, 0.2) is 5.82 Å². The molecule has 7 rings (SSSR count). The van der Waals surface area contributed by atoms with Crippen molar-refractivity contribution in [2.75, 3.05) is 0 Å². The van der Waals surface area contributed by atoms with Crippen molar-refractivity contribution in [3.05, 3.63) is 128 Å². The molecule has 0 saturated carbocycles. The molecule has 0 fully saturated rings. The summed E-state index contributed by atoms with van der Waals surface area (Å²) in [5.41, 5.74) is 3.50. The molecule has 3 aromatic carbocycles. The summed E-state index contributed by atoms with van der Waals surface area (Å²) in [5, 5.41) is 7.66. The average molecular weight is 788 g/mol. The van der Waals surface area contributed by atoms with E-state index < -0.39 is 29.7 Å². The molecule has 1 unspecified atom stereocenters. The molecule has 53 heavy (non-hydrogen) atoms. The number of hydrogen-bond donors (Lipinski definition) is 1. The summed E-state index contributed by atoms with van der Waals surface area (Å²) >= 11 is 3.48. The molecule has 0 bridgehead atoms. The first-order valence-corrected chi connectivity index (χ1v) is 17.7. The lowest BCUT2D eigenvalue weighted by atomic mass is 10.1. The first kappa shape index (κ1) is 35.8. The van der Waals surface area contributed by atoms with E-state index in [-0.39, 0.29) is 37.8 Å². The van der Waals surface area contributed by atoms with Gasteiger partial charge in [-0.05, 0) is 67.4 Å². The standard InChI is InChI=1S/C38H34BrF3N8O3/c1-22-15-25(9-11-30(22)39)36(52)47-21-32-33(35(51)45-17-26-7-4-5-8-29(26)34-43-13-6-14-44-34)50(37(53)48(32)20-24(47)3)28-10-12-31-27(16-28)18-46-49(31)19-23(2)38(40,41)42/h4-16,18,23-24H,17,19-21H2,1-3H3,(H,45,51)/t23-,24?/m0/s1. The number of alkyl halides is 3. The normalized spacial score (nSPS) is 15.0. The molecule has 0 spiro atoms. The van der Waals surface area contributed by atoms with Crippen LogP contribution in [0.5, 0.6) is 0 Å². The molecular weight excluding hydrogens is 753 g/mol. The van der Waals surface area contributed by atoms with Crippen molar-refractivity contribution >= 4 is 38.6 Å². The van der Waals surface area contributed by atoms with Crippen molar-refractivity contribution < 1.29 is 22.8 Å². The lowest BCUT2D eigenvalue weighted by Crippen LogP contribution is -2.47. The van der Waals surface area contributed by atoms with Crippen LogP contribution in [-0.2, 0) is 26.2 Å². The smallest absolute Gasteiger partial charge is 0.347 e. The highest BCUT2D eigenvalue weighted by Gasteiger charge is 2.37. The monoisotopic (exact) mass is 786 g/mol. The minimum Gasteiger partial charge on any atom is -0.347 e. The van der Waals surface area contributed by atoms with Crippen LogP contribution in [0.4, 0.5) is 13.2 Å². The summed E-state index contributed by atoms with van der Waals surface area (Å²) < 4.78 is 45.1. The van der Waals surface area contributed by atoms with Crippen LogP contribution in [-0.4, -0.2) is 57.8 Å². The molecule has 0 saturated heterocycles. The molecule has 1 N–H and O–H groups in total. The lowest BCUT2D eigenvalue weighted by Gasteiger charge is -2.34. The number of hydrogen-bond acceptors (Lipinski definition) is 6. The second kappa shape index (κ2) is 14.1. The number of fused-ring (bicyclic) bond motifs is 2. The Morgan fingerprint density at radius 1 is 1.04 bits per heavy atom. The third-order valence-electron chi connectivity index (χ3n) is 9.58. The highest BCUT2D eigenvalue weighted by molar-refractivity contribution is 9.10. The van der Waals surface area contributed by atoms with Crippen LogP contribution >= 0.6 is 15.9 Å². The van der Waals surface area contributed by atoms with Crippen LogP contribution in [0.3, 0.4) is 0 Å². The first-order chi connectivity index (χ1) is 25.3. The van der Waals surface area contributed by atoms with Gasteiger partial charge in [0.1, 0.15) is 5.69 Å². The Balaban J connectivity index is 1.29. The van der Waals surface area contributed by atoms with E-state index in [4.69, 9.17) is 0 Å². The van der Waals surface area contributed by atoms with Crippen molar-refractivity contribution in [1.82, 2.24) is 39.1 Å². The topological polar surface area (TPSA) is 120 Å². The summed E-state index contributed by atoms with van der Waals surface area (Å²) in [6.45, 7) is 4.63. The van der Waals surface area contributed by atoms with Gasteiger partial charge in [-0.2, -0.15) is 18.3 Å². The van der Waals surface area contributed by atoms with E-state index in [1.807, 2.05) is 44.2 Å². The number of nitrogens with one attached hydrogen (secondary N) is 1. The number of amides is 2. The fraction of sp³-hybridized carbons (Fsp3) is 0.263. The minimum atomic E-state index is -4.39. The number of halogens is 4. The number of carbonyl (C=O) groups excluding carboxylic acids is 2. The number of imidazole rings is 1. The Kier molecular flexibility index (Phi) is 9.53. The summed E-state index contributed by atoms with van der Waals surface area (Å²) in [7, 11) is 0. The highest BCUT2D eigenvalue weighted by Crippen LogP contribution is 2.30. The van der Waals surface area contributed by atoms with Crippen LogP contribution in [0.15, 0.2) is 94.6 Å². The number of rotatable bonds is 8.